The van der Waals surface area contributed by atoms with Crippen LogP contribution in [-0.4, -0.2) is 31.1 Å². The first-order chi connectivity index (χ1) is 10.0. The van der Waals surface area contributed by atoms with Gasteiger partial charge in [-0.05, 0) is 25.5 Å². The van der Waals surface area contributed by atoms with Gasteiger partial charge in [0, 0.05) is 24.7 Å². The van der Waals surface area contributed by atoms with Gasteiger partial charge >= 0.3 is 5.97 Å². The van der Waals surface area contributed by atoms with E-state index in [9.17, 15) is 14.0 Å². The first kappa shape index (κ1) is 15.1. The molecule has 1 aromatic carbocycles. The highest BCUT2D eigenvalue weighted by Crippen LogP contribution is 2.24. The number of carbonyl (C=O) groups excluding carboxylic acids is 2. The van der Waals surface area contributed by atoms with E-state index in [0.29, 0.717) is 19.4 Å². The second-order valence-corrected chi connectivity index (χ2v) is 4.82. The minimum absolute atomic E-state index is 0.0157. The standard InChI is InChI=1S/C14H18FN3O3/c1-2-21-14(20)9-5-12(10(15)6-11(9)16)18-8-3-4-13(19)17-7-8/h5-6,8,18H,2-4,7,16H2,1H3,(H,17,19). The zero-order valence-corrected chi connectivity index (χ0v) is 11.7. The van der Waals surface area contributed by atoms with Crippen LogP contribution in [0.3, 0.4) is 0 Å². The summed E-state index contributed by atoms with van der Waals surface area (Å²) in [5, 5.41) is 5.68. The fraction of sp³-hybridized carbons (Fsp3) is 0.429. The molecule has 1 fully saturated rings. The molecule has 0 radical (unpaired) electrons. The third-order valence-corrected chi connectivity index (χ3v) is 3.26. The molecule has 7 heteroatoms. The molecule has 1 aliphatic rings. The fourth-order valence-electron chi connectivity index (χ4n) is 2.16. The summed E-state index contributed by atoms with van der Waals surface area (Å²) in [5.41, 5.74) is 5.98. The van der Waals surface area contributed by atoms with E-state index in [0.717, 1.165) is 6.07 Å². The number of halogens is 1. The predicted octanol–water partition coefficient (Wildman–Crippen LogP) is 1.28. The molecule has 0 saturated carbocycles. The Labute approximate surface area is 121 Å². The van der Waals surface area contributed by atoms with Crippen LogP contribution in [0.4, 0.5) is 15.8 Å². The lowest BCUT2D eigenvalue weighted by atomic mass is 10.1. The van der Waals surface area contributed by atoms with Crippen molar-refractivity contribution in [2.24, 2.45) is 0 Å². The summed E-state index contributed by atoms with van der Waals surface area (Å²) < 4.78 is 18.8. The predicted molar refractivity (Wildman–Crippen MR) is 76.4 cm³/mol. The summed E-state index contributed by atoms with van der Waals surface area (Å²) in [7, 11) is 0. The third-order valence-electron chi connectivity index (χ3n) is 3.26. The van der Waals surface area contributed by atoms with Gasteiger partial charge in [0.15, 0.2) is 0 Å². The van der Waals surface area contributed by atoms with Crippen molar-refractivity contribution in [1.82, 2.24) is 5.32 Å². The molecular weight excluding hydrogens is 277 g/mol. The number of hydrogen-bond donors (Lipinski definition) is 3. The molecule has 1 atom stereocenters. The van der Waals surface area contributed by atoms with Crippen LogP contribution in [0.2, 0.25) is 0 Å². The van der Waals surface area contributed by atoms with E-state index in [-0.39, 0.29) is 35.5 Å². The number of ether oxygens (including phenoxy) is 1. The van der Waals surface area contributed by atoms with E-state index < -0.39 is 11.8 Å². The molecule has 1 aliphatic heterocycles. The highest BCUT2D eigenvalue weighted by atomic mass is 19.1. The Morgan fingerprint density at radius 2 is 2.33 bits per heavy atom. The quantitative estimate of drug-likeness (QED) is 0.574. The lowest BCUT2D eigenvalue weighted by Gasteiger charge is -2.25. The van der Waals surface area contributed by atoms with E-state index in [1.807, 2.05) is 0 Å². The Bertz CT molecular complexity index is 553. The van der Waals surface area contributed by atoms with Gasteiger partial charge in [0.25, 0.3) is 0 Å². The van der Waals surface area contributed by atoms with Crippen LogP contribution in [0.5, 0.6) is 0 Å². The van der Waals surface area contributed by atoms with E-state index in [1.54, 1.807) is 6.92 Å². The van der Waals surface area contributed by atoms with Crippen molar-refractivity contribution < 1.29 is 18.7 Å². The SMILES string of the molecule is CCOC(=O)c1cc(NC2CCC(=O)NC2)c(F)cc1N. The van der Waals surface area contributed by atoms with Crippen LogP contribution in [-0.2, 0) is 9.53 Å². The largest absolute Gasteiger partial charge is 0.462 e. The van der Waals surface area contributed by atoms with E-state index >= 15 is 0 Å². The van der Waals surface area contributed by atoms with Crippen molar-refractivity contribution in [3.63, 3.8) is 0 Å². The van der Waals surface area contributed by atoms with Crippen LogP contribution >= 0.6 is 0 Å². The molecule has 0 spiro atoms. The molecule has 6 nitrogen and oxygen atoms in total. The molecule has 1 unspecified atom stereocenters. The Balaban J connectivity index is 2.17. The minimum atomic E-state index is -0.588. The van der Waals surface area contributed by atoms with Gasteiger partial charge in [-0.2, -0.15) is 0 Å². The number of benzene rings is 1. The number of anilines is 2. The number of amides is 1. The lowest BCUT2D eigenvalue weighted by Crippen LogP contribution is -2.42. The summed E-state index contributed by atoms with van der Waals surface area (Å²) in [6, 6.07) is 2.35. The molecule has 4 N–H and O–H groups in total. The molecular formula is C14H18FN3O3. The molecule has 1 heterocycles. The molecule has 2 rings (SSSR count). The maximum Gasteiger partial charge on any atom is 0.340 e. The molecule has 1 amide bonds. The summed E-state index contributed by atoms with van der Waals surface area (Å²) >= 11 is 0. The number of carbonyl (C=O) groups is 2. The Morgan fingerprint density at radius 1 is 1.57 bits per heavy atom. The van der Waals surface area contributed by atoms with Crippen LogP contribution in [0.15, 0.2) is 12.1 Å². The number of nitrogens with one attached hydrogen (secondary N) is 2. The molecule has 0 aromatic heterocycles. The van der Waals surface area contributed by atoms with E-state index in [4.69, 9.17) is 10.5 Å². The number of hydrogen-bond acceptors (Lipinski definition) is 5. The average Bonchev–Trinajstić information content (AvgIpc) is 2.44. The molecule has 0 aliphatic carbocycles. The third kappa shape index (κ3) is 3.62. The minimum Gasteiger partial charge on any atom is -0.462 e. The van der Waals surface area contributed by atoms with Crippen molar-refractivity contribution in [2.45, 2.75) is 25.8 Å². The maximum absolute atomic E-state index is 13.9. The normalized spacial score (nSPS) is 18.0. The Morgan fingerprint density at radius 3 is 2.95 bits per heavy atom. The summed E-state index contributed by atoms with van der Waals surface area (Å²) in [4.78, 5) is 22.9. The van der Waals surface area contributed by atoms with Crippen molar-refractivity contribution in [2.75, 3.05) is 24.2 Å². The highest BCUT2D eigenvalue weighted by molar-refractivity contribution is 5.96. The van der Waals surface area contributed by atoms with Crippen LogP contribution < -0.4 is 16.4 Å². The van der Waals surface area contributed by atoms with Crippen LogP contribution in [0.25, 0.3) is 0 Å². The topological polar surface area (TPSA) is 93.4 Å². The zero-order chi connectivity index (χ0) is 15.4. The zero-order valence-electron chi connectivity index (χ0n) is 11.7. The van der Waals surface area contributed by atoms with Crippen molar-refractivity contribution in [1.29, 1.82) is 0 Å². The van der Waals surface area contributed by atoms with Gasteiger partial charge in [-0.25, -0.2) is 9.18 Å². The highest BCUT2D eigenvalue weighted by Gasteiger charge is 2.21. The molecule has 1 saturated heterocycles. The lowest BCUT2D eigenvalue weighted by molar-refractivity contribution is -0.122. The molecule has 1 aromatic rings. The molecule has 114 valence electrons. The number of esters is 1. The Kier molecular flexibility index (Phi) is 4.62. The van der Waals surface area contributed by atoms with Gasteiger partial charge in [0.05, 0.1) is 17.9 Å². The molecule has 21 heavy (non-hydrogen) atoms. The van der Waals surface area contributed by atoms with E-state index in [2.05, 4.69) is 10.6 Å². The van der Waals surface area contributed by atoms with E-state index in [1.165, 1.54) is 6.07 Å². The van der Waals surface area contributed by atoms with Gasteiger partial charge < -0.3 is 21.1 Å². The van der Waals surface area contributed by atoms with Gasteiger partial charge in [-0.1, -0.05) is 0 Å². The van der Waals surface area contributed by atoms with Crippen molar-refractivity contribution >= 4 is 23.3 Å². The first-order valence-corrected chi connectivity index (χ1v) is 6.80. The number of nitrogen functional groups attached to an aromatic ring is 1. The summed E-state index contributed by atoms with van der Waals surface area (Å²) in [5.74, 6) is -1.15. The van der Waals surface area contributed by atoms with Crippen molar-refractivity contribution in [3.8, 4) is 0 Å². The van der Waals surface area contributed by atoms with Crippen molar-refractivity contribution in [3.05, 3.63) is 23.5 Å². The van der Waals surface area contributed by atoms with Gasteiger partial charge in [0.2, 0.25) is 5.91 Å². The van der Waals surface area contributed by atoms with Crippen LogP contribution in [0, 0.1) is 5.82 Å². The van der Waals surface area contributed by atoms with Crippen LogP contribution in [0.1, 0.15) is 30.1 Å². The maximum atomic E-state index is 13.9. The summed E-state index contributed by atoms with van der Waals surface area (Å²) in [6.07, 6.45) is 0.989. The first-order valence-electron chi connectivity index (χ1n) is 6.80. The summed E-state index contributed by atoms with van der Waals surface area (Å²) in [6.45, 7) is 2.31. The van der Waals surface area contributed by atoms with Gasteiger partial charge in [0.1, 0.15) is 5.82 Å². The second-order valence-electron chi connectivity index (χ2n) is 4.82. The van der Waals surface area contributed by atoms with Gasteiger partial charge in [-0.15, -0.1) is 0 Å². The molecule has 0 bridgehead atoms. The smallest absolute Gasteiger partial charge is 0.340 e. The number of piperidine rings is 1. The Hall–Kier alpha value is -2.31. The number of rotatable bonds is 4. The monoisotopic (exact) mass is 295 g/mol. The second kappa shape index (κ2) is 6.43. The fourth-order valence-corrected chi connectivity index (χ4v) is 2.16. The number of nitrogens with two attached hydrogens (primary N) is 1. The van der Waals surface area contributed by atoms with Gasteiger partial charge in [-0.3, -0.25) is 4.79 Å². The average molecular weight is 295 g/mol.